The van der Waals surface area contributed by atoms with Crippen LogP contribution in [0.1, 0.15) is 25.7 Å². The molecular formula is C14H25N5O. The maximum absolute atomic E-state index is 12.5. The van der Waals surface area contributed by atoms with Crippen molar-refractivity contribution in [1.82, 2.24) is 19.6 Å². The molecule has 1 aromatic heterocycles. The number of likely N-dealkylation sites (N-methyl/N-ethyl adjacent to an activating group) is 1. The molecule has 0 aromatic carbocycles. The van der Waals surface area contributed by atoms with Crippen molar-refractivity contribution in [2.75, 3.05) is 32.9 Å². The Balaban J connectivity index is 1.98. The minimum absolute atomic E-state index is 0.141. The average Bonchev–Trinajstić information content (AvgIpc) is 3.01. The molecule has 2 rings (SSSR count). The minimum atomic E-state index is 0.141. The summed E-state index contributed by atoms with van der Waals surface area (Å²) in [7, 11) is 4.07. The first-order chi connectivity index (χ1) is 9.56. The molecule has 1 aliphatic rings. The van der Waals surface area contributed by atoms with Crippen LogP contribution >= 0.6 is 0 Å². The van der Waals surface area contributed by atoms with Crippen molar-refractivity contribution in [3.05, 3.63) is 12.3 Å². The van der Waals surface area contributed by atoms with E-state index in [4.69, 9.17) is 5.73 Å². The summed E-state index contributed by atoms with van der Waals surface area (Å²) in [6.07, 6.45) is 6.46. The Hall–Kier alpha value is -1.56. The molecule has 1 amide bonds. The first-order valence-electron chi connectivity index (χ1n) is 7.29. The summed E-state index contributed by atoms with van der Waals surface area (Å²) in [6, 6.07) is 2.11. The number of rotatable bonds is 6. The van der Waals surface area contributed by atoms with Gasteiger partial charge in [-0.1, -0.05) is 12.8 Å². The molecular weight excluding hydrogens is 254 g/mol. The van der Waals surface area contributed by atoms with Crippen LogP contribution in [0.15, 0.2) is 12.3 Å². The highest BCUT2D eigenvalue weighted by Gasteiger charge is 2.26. The Morgan fingerprint density at radius 3 is 2.65 bits per heavy atom. The second-order valence-electron chi connectivity index (χ2n) is 5.77. The molecule has 1 aliphatic carbocycles. The van der Waals surface area contributed by atoms with E-state index in [9.17, 15) is 4.79 Å². The molecule has 0 atom stereocenters. The van der Waals surface area contributed by atoms with E-state index < -0.39 is 0 Å². The van der Waals surface area contributed by atoms with E-state index in [2.05, 4.69) is 10.00 Å². The van der Waals surface area contributed by atoms with Gasteiger partial charge in [-0.25, -0.2) is 0 Å². The van der Waals surface area contributed by atoms with Crippen LogP contribution in [-0.2, 0) is 11.3 Å². The molecule has 6 heteroatoms. The summed E-state index contributed by atoms with van der Waals surface area (Å²) in [6.45, 7) is 1.96. The lowest BCUT2D eigenvalue weighted by atomic mass is 10.2. The number of carbonyl (C=O) groups is 1. The van der Waals surface area contributed by atoms with Crippen molar-refractivity contribution in [1.29, 1.82) is 0 Å². The van der Waals surface area contributed by atoms with Gasteiger partial charge in [0.25, 0.3) is 0 Å². The number of nitrogens with two attached hydrogens (primary N) is 1. The van der Waals surface area contributed by atoms with Gasteiger partial charge in [-0.15, -0.1) is 0 Å². The number of hydrogen-bond donors (Lipinski definition) is 1. The van der Waals surface area contributed by atoms with Gasteiger partial charge in [-0.2, -0.15) is 5.10 Å². The fraction of sp³-hybridized carbons (Fsp3) is 0.714. The van der Waals surface area contributed by atoms with Crippen LogP contribution in [0.25, 0.3) is 0 Å². The normalized spacial score (nSPS) is 15.9. The molecule has 0 saturated heterocycles. The predicted molar refractivity (Wildman–Crippen MR) is 79.2 cm³/mol. The standard InChI is InChI=1S/C14H25N5O/c1-17(2)9-10-19(12-5-3-4-6-12)14(20)11-18-8-7-13(15)16-18/h7-8,12H,3-6,9-11H2,1-2H3,(H2,15,16). The molecule has 6 nitrogen and oxygen atoms in total. The highest BCUT2D eigenvalue weighted by molar-refractivity contribution is 5.76. The lowest BCUT2D eigenvalue weighted by molar-refractivity contribution is -0.134. The lowest BCUT2D eigenvalue weighted by Crippen LogP contribution is -2.44. The third kappa shape index (κ3) is 3.96. The lowest BCUT2D eigenvalue weighted by Gasteiger charge is -2.30. The van der Waals surface area contributed by atoms with E-state index in [1.54, 1.807) is 16.9 Å². The van der Waals surface area contributed by atoms with Gasteiger partial charge < -0.3 is 15.5 Å². The first-order valence-corrected chi connectivity index (χ1v) is 7.29. The second kappa shape index (κ2) is 6.74. The Morgan fingerprint density at radius 2 is 2.10 bits per heavy atom. The molecule has 0 aliphatic heterocycles. The number of aromatic nitrogens is 2. The number of nitrogens with zero attached hydrogens (tertiary/aromatic N) is 4. The van der Waals surface area contributed by atoms with Crippen LogP contribution in [0.4, 0.5) is 5.82 Å². The fourth-order valence-electron chi connectivity index (χ4n) is 2.73. The molecule has 1 saturated carbocycles. The van der Waals surface area contributed by atoms with E-state index in [1.807, 2.05) is 19.0 Å². The zero-order valence-electron chi connectivity index (χ0n) is 12.5. The molecule has 0 radical (unpaired) electrons. The molecule has 0 spiro atoms. The quantitative estimate of drug-likeness (QED) is 0.836. The number of nitrogen functional groups attached to an aromatic ring is 1. The molecule has 20 heavy (non-hydrogen) atoms. The second-order valence-corrected chi connectivity index (χ2v) is 5.77. The summed E-state index contributed by atoms with van der Waals surface area (Å²) < 4.78 is 1.62. The summed E-state index contributed by atoms with van der Waals surface area (Å²) in [5.74, 6) is 0.598. The molecule has 0 unspecified atom stereocenters. The van der Waals surface area contributed by atoms with E-state index in [0.717, 1.165) is 25.9 Å². The van der Waals surface area contributed by atoms with Gasteiger partial charge in [0, 0.05) is 25.3 Å². The molecule has 1 heterocycles. The Labute approximate surface area is 120 Å². The van der Waals surface area contributed by atoms with Gasteiger partial charge in [0.05, 0.1) is 0 Å². The first kappa shape index (κ1) is 14.8. The average molecular weight is 279 g/mol. The predicted octanol–water partition coefficient (Wildman–Crippen LogP) is 0.798. The van der Waals surface area contributed by atoms with Gasteiger partial charge in [0.1, 0.15) is 12.4 Å². The van der Waals surface area contributed by atoms with Crippen LogP contribution in [0.3, 0.4) is 0 Å². The zero-order chi connectivity index (χ0) is 14.5. The van der Waals surface area contributed by atoms with Crippen LogP contribution < -0.4 is 5.73 Å². The molecule has 112 valence electrons. The van der Waals surface area contributed by atoms with Crippen molar-refractivity contribution < 1.29 is 4.79 Å². The SMILES string of the molecule is CN(C)CCN(C(=O)Cn1ccc(N)n1)C1CCCC1. The highest BCUT2D eigenvalue weighted by Crippen LogP contribution is 2.23. The van der Waals surface area contributed by atoms with Crippen LogP contribution in [0, 0.1) is 0 Å². The Kier molecular flexibility index (Phi) is 5.00. The van der Waals surface area contributed by atoms with Gasteiger partial charge >= 0.3 is 0 Å². The summed E-state index contributed by atoms with van der Waals surface area (Å²) in [5, 5.41) is 4.09. The minimum Gasteiger partial charge on any atom is -0.382 e. The number of amides is 1. The van der Waals surface area contributed by atoms with Crippen molar-refractivity contribution in [2.45, 2.75) is 38.3 Å². The zero-order valence-corrected chi connectivity index (χ0v) is 12.5. The molecule has 1 aromatic rings. The molecule has 2 N–H and O–H groups in total. The fourth-order valence-corrected chi connectivity index (χ4v) is 2.73. The van der Waals surface area contributed by atoms with Crippen molar-refractivity contribution in [2.24, 2.45) is 0 Å². The van der Waals surface area contributed by atoms with E-state index in [1.165, 1.54) is 12.8 Å². The summed E-state index contributed by atoms with van der Waals surface area (Å²) in [5.41, 5.74) is 5.59. The van der Waals surface area contributed by atoms with Gasteiger partial charge in [-0.05, 0) is 33.0 Å². The largest absolute Gasteiger partial charge is 0.382 e. The maximum Gasteiger partial charge on any atom is 0.244 e. The Morgan fingerprint density at radius 1 is 1.40 bits per heavy atom. The van der Waals surface area contributed by atoms with E-state index >= 15 is 0 Å². The summed E-state index contributed by atoms with van der Waals surface area (Å²) in [4.78, 5) is 16.7. The van der Waals surface area contributed by atoms with Gasteiger partial charge in [0.15, 0.2) is 0 Å². The third-order valence-corrected chi connectivity index (χ3v) is 3.83. The topological polar surface area (TPSA) is 67.4 Å². The number of hydrogen-bond acceptors (Lipinski definition) is 4. The highest BCUT2D eigenvalue weighted by atomic mass is 16.2. The van der Waals surface area contributed by atoms with Gasteiger partial charge in [0.2, 0.25) is 5.91 Å². The van der Waals surface area contributed by atoms with Crippen LogP contribution in [0.2, 0.25) is 0 Å². The Bertz CT molecular complexity index is 437. The van der Waals surface area contributed by atoms with Crippen molar-refractivity contribution >= 4 is 11.7 Å². The van der Waals surface area contributed by atoms with Crippen molar-refractivity contribution in [3.8, 4) is 0 Å². The third-order valence-electron chi connectivity index (χ3n) is 3.83. The summed E-state index contributed by atoms with van der Waals surface area (Å²) >= 11 is 0. The molecule has 1 fully saturated rings. The van der Waals surface area contributed by atoms with Crippen molar-refractivity contribution in [3.63, 3.8) is 0 Å². The van der Waals surface area contributed by atoms with E-state index in [-0.39, 0.29) is 12.5 Å². The van der Waals surface area contributed by atoms with Crippen LogP contribution in [-0.4, -0.2) is 58.7 Å². The number of anilines is 1. The van der Waals surface area contributed by atoms with Gasteiger partial charge in [-0.3, -0.25) is 9.48 Å². The maximum atomic E-state index is 12.5. The molecule has 0 bridgehead atoms. The monoisotopic (exact) mass is 279 g/mol. The van der Waals surface area contributed by atoms with E-state index in [0.29, 0.717) is 11.9 Å². The smallest absolute Gasteiger partial charge is 0.244 e. The number of carbonyl (C=O) groups excluding carboxylic acids is 1. The van der Waals surface area contributed by atoms with Crippen LogP contribution in [0.5, 0.6) is 0 Å².